The Morgan fingerprint density at radius 2 is 2.17 bits per heavy atom. The lowest BCUT2D eigenvalue weighted by atomic mass is 10.2. The van der Waals surface area contributed by atoms with Gasteiger partial charge in [-0.2, -0.15) is 11.8 Å². The van der Waals surface area contributed by atoms with Crippen LogP contribution in [-0.2, 0) is 11.3 Å². The molecule has 1 aromatic carbocycles. The van der Waals surface area contributed by atoms with E-state index in [1.165, 1.54) is 17.7 Å². The second-order valence-electron chi connectivity index (χ2n) is 6.07. The number of benzene rings is 1. The summed E-state index contributed by atoms with van der Waals surface area (Å²) >= 11 is 2.09. The maximum Gasteiger partial charge on any atom is 0.193 e. The summed E-state index contributed by atoms with van der Waals surface area (Å²) in [5.41, 5.74) is 1.24. The van der Waals surface area contributed by atoms with Crippen molar-refractivity contribution in [2.24, 2.45) is 4.99 Å². The van der Waals surface area contributed by atoms with Crippen LogP contribution in [0.5, 0.6) is 0 Å². The molecule has 0 aromatic heterocycles. The molecule has 1 aliphatic rings. The molecule has 1 saturated heterocycles. The molecule has 1 heterocycles. The van der Waals surface area contributed by atoms with E-state index < -0.39 is 0 Å². The van der Waals surface area contributed by atoms with Crippen LogP contribution in [0.15, 0.2) is 35.3 Å². The number of nitrogens with zero attached hydrogens (tertiary/aromatic N) is 2. The molecular weight excluding hydrogens is 318 g/mol. The number of thioether (sulfide) groups is 1. The van der Waals surface area contributed by atoms with E-state index in [0.717, 1.165) is 50.3 Å². The van der Waals surface area contributed by atoms with E-state index >= 15 is 0 Å². The number of unbranched alkanes of at least 4 members (excludes halogenated alkanes) is 1. The molecule has 2 rings (SSSR count). The van der Waals surface area contributed by atoms with E-state index in [9.17, 15) is 0 Å². The van der Waals surface area contributed by atoms with E-state index in [-0.39, 0.29) is 0 Å². The Labute approximate surface area is 151 Å². The minimum absolute atomic E-state index is 0.708. The third-order valence-corrected chi connectivity index (χ3v) is 5.59. The van der Waals surface area contributed by atoms with Gasteiger partial charge in [0.05, 0.1) is 6.61 Å². The van der Waals surface area contributed by atoms with Crippen molar-refractivity contribution in [3.8, 4) is 0 Å². The molecule has 1 aromatic rings. The van der Waals surface area contributed by atoms with Crippen molar-refractivity contribution < 1.29 is 4.74 Å². The highest BCUT2D eigenvalue weighted by Crippen LogP contribution is 2.20. The summed E-state index contributed by atoms with van der Waals surface area (Å²) in [4.78, 5) is 6.84. The second-order valence-corrected chi connectivity index (χ2v) is 7.47. The Balaban J connectivity index is 1.55. The minimum atomic E-state index is 0.708. The molecule has 0 bridgehead atoms. The Morgan fingerprint density at radius 3 is 2.92 bits per heavy atom. The van der Waals surface area contributed by atoms with Crippen molar-refractivity contribution >= 4 is 17.7 Å². The molecule has 0 radical (unpaired) electrons. The molecule has 1 atom stereocenters. The van der Waals surface area contributed by atoms with Gasteiger partial charge < -0.3 is 15.0 Å². The quantitative estimate of drug-likeness (QED) is 0.443. The summed E-state index contributed by atoms with van der Waals surface area (Å²) in [6, 6.07) is 10.3. The van der Waals surface area contributed by atoms with Crippen LogP contribution in [0.25, 0.3) is 0 Å². The van der Waals surface area contributed by atoms with Crippen LogP contribution in [0.3, 0.4) is 0 Å². The number of nitrogens with one attached hydrogen (secondary N) is 1. The molecule has 24 heavy (non-hydrogen) atoms. The highest BCUT2D eigenvalue weighted by Gasteiger charge is 2.21. The van der Waals surface area contributed by atoms with Crippen molar-refractivity contribution in [2.45, 2.75) is 38.0 Å². The van der Waals surface area contributed by atoms with E-state index in [2.05, 4.69) is 58.2 Å². The predicted molar refractivity (Wildman–Crippen MR) is 105 cm³/mol. The third kappa shape index (κ3) is 6.73. The average molecular weight is 350 g/mol. The molecule has 0 saturated carbocycles. The number of ether oxygens (including phenoxy) is 1. The van der Waals surface area contributed by atoms with Crippen LogP contribution in [0.2, 0.25) is 0 Å². The van der Waals surface area contributed by atoms with Gasteiger partial charge in [-0.05, 0) is 24.8 Å². The van der Waals surface area contributed by atoms with Gasteiger partial charge in [0.15, 0.2) is 5.96 Å². The molecule has 1 unspecified atom stereocenters. The molecule has 1 fully saturated rings. The zero-order valence-electron chi connectivity index (χ0n) is 15.0. The number of aliphatic imine (C=N–C) groups is 1. The van der Waals surface area contributed by atoms with Gasteiger partial charge in [0.2, 0.25) is 0 Å². The topological polar surface area (TPSA) is 36.9 Å². The van der Waals surface area contributed by atoms with Crippen molar-refractivity contribution in [3.63, 3.8) is 0 Å². The zero-order valence-corrected chi connectivity index (χ0v) is 15.9. The van der Waals surface area contributed by atoms with Crippen LogP contribution in [-0.4, -0.2) is 55.2 Å². The molecule has 4 nitrogen and oxygen atoms in total. The van der Waals surface area contributed by atoms with E-state index in [4.69, 9.17) is 4.74 Å². The van der Waals surface area contributed by atoms with Gasteiger partial charge in [-0.15, -0.1) is 0 Å². The van der Waals surface area contributed by atoms with Crippen molar-refractivity contribution in [1.29, 1.82) is 0 Å². The standard InChI is InChI=1S/C19H31N3OS/c1-3-18-15-22(12-14-24-18)19(20-2)21-11-7-8-13-23-16-17-9-5-4-6-10-17/h4-6,9-10,18H,3,7-8,11-16H2,1-2H3,(H,20,21). The van der Waals surface area contributed by atoms with Crippen LogP contribution in [0, 0.1) is 0 Å². The molecule has 0 aliphatic carbocycles. The Hall–Kier alpha value is -1.20. The SMILES string of the molecule is CCC1CN(C(=NC)NCCCCOCc2ccccc2)CCS1. The highest BCUT2D eigenvalue weighted by molar-refractivity contribution is 8.00. The van der Waals surface area contributed by atoms with Crippen molar-refractivity contribution in [3.05, 3.63) is 35.9 Å². The normalized spacial score (nSPS) is 18.7. The van der Waals surface area contributed by atoms with E-state index in [0.29, 0.717) is 6.61 Å². The maximum atomic E-state index is 5.73. The largest absolute Gasteiger partial charge is 0.377 e. The first-order valence-corrected chi connectivity index (χ1v) is 10.1. The van der Waals surface area contributed by atoms with Crippen LogP contribution >= 0.6 is 11.8 Å². The zero-order chi connectivity index (χ0) is 17.0. The van der Waals surface area contributed by atoms with Crippen LogP contribution < -0.4 is 5.32 Å². The number of guanidine groups is 1. The first kappa shape index (κ1) is 19.1. The molecule has 134 valence electrons. The van der Waals surface area contributed by atoms with E-state index in [1.807, 2.05) is 13.1 Å². The summed E-state index contributed by atoms with van der Waals surface area (Å²) in [5.74, 6) is 2.26. The Kier molecular flexibility index (Phi) is 9.06. The Bertz CT molecular complexity index is 481. The van der Waals surface area contributed by atoms with Crippen molar-refractivity contribution in [1.82, 2.24) is 10.2 Å². The smallest absolute Gasteiger partial charge is 0.193 e. The molecule has 5 heteroatoms. The first-order chi connectivity index (χ1) is 11.8. The van der Waals surface area contributed by atoms with Crippen LogP contribution in [0.1, 0.15) is 31.7 Å². The van der Waals surface area contributed by atoms with Crippen molar-refractivity contribution in [2.75, 3.05) is 39.0 Å². The molecule has 1 aliphatic heterocycles. The van der Waals surface area contributed by atoms with Gasteiger partial charge in [-0.25, -0.2) is 0 Å². The maximum absolute atomic E-state index is 5.73. The predicted octanol–water partition coefficient (Wildman–Crippen LogP) is 3.39. The number of hydrogen-bond acceptors (Lipinski definition) is 3. The van der Waals surface area contributed by atoms with Gasteiger partial charge in [0.1, 0.15) is 0 Å². The summed E-state index contributed by atoms with van der Waals surface area (Å²) < 4.78 is 5.73. The Morgan fingerprint density at radius 1 is 1.33 bits per heavy atom. The number of rotatable bonds is 8. The molecule has 0 amide bonds. The first-order valence-electron chi connectivity index (χ1n) is 9.02. The number of hydrogen-bond donors (Lipinski definition) is 1. The molecule has 0 spiro atoms. The van der Waals surface area contributed by atoms with E-state index in [1.54, 1.807) is 0 Å². The minimum Gasteiger partial charge on any atom is -0.377 e. The summed E-state index contributed by atoms with van der Waals surface area (Å²) in [6.45, 7) is 6.96. The second kappa shape index (κ2) is 11.4. The fraction of sp³-hybridized carbons (Fsp3) is 0.632. The van der Waals surface area contributed by atoms with Gasteiger partial charge in [0.25, 0.3) is 0 Å². The fourth-order valence-electron chi connectivity index (χ4n) is 2.78. The van der Waals surface area contributed by atoms with Gasteiger partial charge in [0, 0.05) is 44.3 Å². The summed E-state index contributed by atoms with van der Waals surface area (Å²) in [5, 5.41) is 4.24. The lowest BCUT2D eigenvalue weighted by Gasteiger charge is -2.34. The average Bonchev–Trinajstić information content (AvgIpc) is 2.65. The summed E-state index contributed by atoms with van der Waals surface area (Å²) in [7, 11) is 1.88. The van der Waals surface area contributed by atoms with Gasteiger partial charge in [-0.3, -0.25) is 4.99 Å². The molecule has 1 N–H and O–H groups in total. The third-order valence-electron chi connectivity index (χ3n) is 4.22. The lowest BCUT2D eigenvalue weighted by Crippen LogP contribution is -2.48. The monoisotopic (exact) mass is 349 g/mol. The molecular formula is C19H31N3OS. The van der Waals surface area contributed by atoms with Gasteiger partial charge >= 0.3 is 0 Å². The van der Waals surface area contributed by atoms with Crippen LogP contribution in [0.4, 0.5) is 0 Å². The summed E-state index contributed by atoms with van der Waals surface area (Å²) in [6.07, 6.45) is 3.41. The fourth-order valence-corrected chi connectivity index (χ4v) is 3.96. The lowest BCUT2D eigenvalue weighted by molar-refractivity contribution is 0.117. The van der Waals surface area contributed by atoms with Gasteiger partial charge in [-0.1, -0.05) is 37.3 Å². The highest BCUT2D eigenvalue weighted by atomic mass is 32.2.